The molecule has 1 N–H and O–H groups in total. The summed E-state index contributed by atoms with van der Waals surface area (Å²) in [5.74, 6) is -0.0461. The molecular weight excluding hydrogens is 214 g/mol. The Morgan fingerprint density at radius 2 is 2.12 bits per heavy atom. The molecule has 0 aliphatic heterocycles. The van der Waals surface area contributed by atoms with E-state index in [-0.39, 0.29) is 18.5 Å². The molecule has 0 saturated heterocycles. The van der Waals surface area contributed by atoms with Gasteiger partial charge in [0.25, 0.3) is 0 Å². The third-order valence-electron chi connectivity index (χ3n) is 2.27. The molecule has 0 radical (unpaired) electrons. The Bertz CT molecular complexity index is 435. The van der Waals surface area contributed by atoms with E-state index in [4.69, 9.17) is 5.26 Å². The van der Waals surface area contributed by atoms with Crippen molar-refractivity contribution in [2.45, 2.75) is 19.9 Å². The summed E-state index contributed by atoms with van der Waals surface area (Å²) < 4.78 is 0. The third kappa shape index (κ3) is 3.80. The summed E-state index contributed by atoms with van der Waals surface area (Å²) in [6.45, 7) is 4.08. The molecule has 4 nitrogen and oxygen atoms in total. The predicted octanol–water partition coefficient (Wildman–Crippen LogP) is 1.52. The third-order valence-corrected chi connectivity index (χ3v) is 2.27. The predicted molar refractivity (Wildman–Crippen MR) is 67.7 cm³/mol. The topological polar surface area (TPSA) is 56.1 Å². The summed E-state index contributed by atoms with van der Waals surface area (Å²) in [4.78, 5) is 13.4. The minimum Gasteiger partial charge on any atom is -0.364 e. The Kier molecular flexibility index (Phi) is 4.53. The lowest BCUT2D eigenvalue weighted by molar-refractivity contribution is -0.120. The highest BCUT2D eigenvalue weighted by Gasteiger charge is 2.11. The highest BCUT2D eigenvalue weighted by molar-refractivity contribution is 5.82. The van der Waals surface area contributed by atoms with Gasteiger partial charge in [0.2, 0.25) is 5.91 Å². The van der Waals surface area contributed by atoms with E-state index in [1.54, 1.807) is 18.0 Å². The van der Waals surface area contributed by atoms with E-state index in [2.05, 4.69) is 11.4 Å². The molecule has 17 heavy (non-hydrogen) atoms. The van der Waals surface area contributed by atoms with E-state index in [1.165, 1.54) is 0 Å². The molecule has 0 aromatic heterocycles. The number of rotatable bonds is 4. The van der Waals surface area contributed by atoms with Crippen molar-refractivity contribution in [3.8, 4) is 6.07 Å². The van der Waals surface area contributed by atoms with E-state index in [9.17, 15) is 4.79 Å². The van der Waals surface area contributed by atoms with Gasteiger partial charge in [-0.25, -0.2) is 0 Å². The molecule has 4 heteroatoms. The van der Waals surface area contributed by atoms with E-state index >= 15 is 0 Å². The van der Waals surface area contributed by atoms with Gasteiger partial charge in [0.1, 0.15) is 6.07 Å². The Morgan fingerprint density at radius 1 is 1.47 bits per heavy atom. The van der Waals surface area contributed by atoms with Gasteiger partial charge < -0.3 is 10.2 Å². The lowest BCUT2D eigenvalue weighted by atomic mass is 10.2. The lowest BCUT2D eigenvalue weighted by Gasteiger charge is -2.20. The van der Waals surface area contributed by atoms with Gasteiger partial charge in [-0.1, -0.05) is 12.1 Å². The number of hydrogen-bond acceptors (Lipinski definition) is 3. The smallest absolute Gasteiger partial charge is 0.239 e. The lowest BCUT2D eigenvalue weighted by Crippen LogP contribution is -2.38. The first-order valence-electron chi connectivity index (χ1n) is 5.54. The first-order chi connectivity index (χ1) is 8.04. The van der Waals surface area contributed by atoms with Crippen LogP contribution in [0.3, 0.4) is 0 Å². The van der Waals surface area contributed by atoms with Crippen molar-refractivity contribution in [2.75, 3.05) is 18.5 Å². The van der Waals surface area contributed by atoms with Crippen molar-refractivity contribution in [2.24, 2.45) is 0 Å². The number of anilines is 1. The quantitative estimate of drug-likeness (QED) is 0.854. The van der Waals surface area contributed by atoms with Gasteiger partial charge in [0.15, 0.2) is 0 Å². The number of carbonyl (C=O) groups excluding carboxylic acids is 1. The number of benzene rings is 1. The Hall–Kier alpha value is -2.02. The second-order valence-corrected chi connectivity index (χ2v) is 4.21. The maximum absolute atomic E-state index is 11.6. The van der Waals surface area contributed by atoms with Crippen LogP contribution in [0.2, 0.25) is 0 Å². The minimum absolute atomic E-state index is 0.0461. The van der Waals surface area contributed by atoms with Crippen molar-refractivity contribution in [3.63, 3.8) is 0 Å². The molecule has 0 aliphatic carbocycles. The zero-order chi connectivity index (χ0) is 12.8. The average molecular weight is 231 g/mol. The molecule has 0 fully saturated rings. The SMILES string of the molecule is CC(C)NC(=O)CN(C)c1ccccc1C#N. The highest BCUT2D eigenvalue weighted by Crippen LogP contribution is 2.17. The summed E-state index contributed by atoms with van der Waals surface area (Å²) >= 11 is 0. The molecule has 1 rings (SSSR count). The van der Waals surface area contributed by atoms with Crippen molar-refractivity contribution in [1.29, 1.82) is 5.26 Å². The molecule has 90 valence electrons. The Morgan fingerprint density at radius 3 is 2.71 bits per heavy atom. The van der Waals surface area contributed by atoms with E-state index in [0.717, 1.165) is 5.69 Å². The molecule has 1 aromatic rings. The van der Waals surface area contributed by atoms with E-state index in [1.807, 2.05) is 32.0 Å². The van der Waals surface area contributed by atoms with Crippen LogP contribution in [-0.2, 0) is 4.79 Å². The standard InChI is InChI=1S/C13H17N3O/c1-10(2)15-13(17)9-16(3)12-7-5-4-6-11(12)8-14/h4-7,10H,9H2,1-3H3,(H,15,17). The van der Waals surface area contributed by atoms with Crippen molar-refractivity contribution in [3.05, 3.63) is 29.8 Å². The minimum atomic E-state index is -0.0461. The fourth-order valence-corrected chi connectivity index (χ4v) is 1.57. The van der Waals surface area contributed by atoms with Gasteiger partial charge >= 0.3 is 0 Å². The highest BCUT2D eigenvalue weighted by atomic mass is 16.2. The molecule has 0 aliphatic rings. The summed E-state index contributed by atoms with van der Waals surface area (Å²) in [6.07, 6.45) is 0. The molecule has 0 unspecified atom stereocenters. The van der Waals surface area contributed by atoms with Crippen LogP contribution < -0.4 is 10.2 Å². The van der Waals surface area contributed by atoms with Crippen molar-refractivity contribution in [1.82, 2.24) is 5.32 Å². The number of nitrogens with one attached hydrogen (secondary N) is 1. The number of nitriles is 1. The molecule has 0 heterocycles. The van der Waals surface area contributed by atoms with E-state index in [0.29, 0.717) is 5.56 Å². The number of amides is 1. The van der Waals surface area contributed by atoms with Crippen LogP contribution in [0.5, 0.6) is 0 Å². The number of carbonyl (C=O) groups is 1. The van der Waals surface area contributed by atoms with Crippen LogP contribution in [0, 0.1) is 11.3 Å². The summed E-state index contributed by atoms with van der Waals surface area (Å²) in [7, 11) is 1.80. The first kappa shape index (κ1) is 13.0. The molecule has 0 spiro atoms. The van der Waals surface area contributed by atoms with Gasteiger partial charge in [-0.2, -0.15) is 5.26 Å². The van der Waals surface area contributed by atoms with E-state index < -0.39 is 0 Å². The van der Waals surface area contributed by atoms with Gasteiger partial charge in [0.05, 0.1) is 17.8 Å². The monoisotopic (exact) mass is 231 g/mol. The summed E-state index contributed by atoms with van der Waals surface area (Å²) in [6, 6.07) is 9.48. The second kappa shape index (κ2) is 5.90. The van der Waals surface area contributed by atoms with Crippen LogP contribution in [-0.4, -0.2) is 25.5 Å². The maximum Gasteiger partial charge on any atom is 0.239 e. The van der Waals surface area contributed by atoms with Crippen molar-refractivity contribution < 1.29 is 4.79 Å². The first-order valence-corrected chi connectivity index (χ1v) is 5.54. The normalized spacial score (nSPS) is 9.82. The number of nitrogens with zero attached hydrogens (tertiary/aromatic N) is 2. The largest absolute Gasteiger partial charge is 0.364 e. The second-order valence-electron chi connectivity index (χ2n) is 4.21. The van der Waals surface area contributed by atoms with Crippen LogP contribution in [0.4, 0.5) is 5.69 Å². The number of para-hydroxylation sites is 1. The number of hydrogen-bond donors (Lipinski definition) is 1. The number of likely N-dealkylation sites (N-methyl/N-ethyl adjacent to an activating group) is 1. The average Bonchev–Trinajstić information content (AvgIpc) is 2.27. The zero-order valence-corrected chi connectivity index (χ0v) is 10.4. The van der Waals surface area contributed by atoms with Crippen LogP contribution in [0.15, 0.2) is 24.3 Å². The van der Waals surface area contributed by atoms with Gasteiger partial charge in [0, 0.05) is 13.1 Å². The van der Waals surface area contributed by atoms with Crippen molar-refractivity contribution >= 4 is 11.6 Å². The maximum atomic E-state index is 11.6. The molecule has 1 aromatic carbocycles. The molecular formula is C13H17N3O. The Balaban J connectivity index is 2.73. The van der Waals surface area contributed by atoms with Crippen LogP contribution >= 0.6 is 0 Å². The molecule has 0 saturated carbocycles. The molecule has 1 amide bonds. The van der Waals surface area contributed by atoms with Crippen LogP contribution in [0.1, 0.15) is 19.4 Å². The fraction of sp³-hybridized carbons (Fsp3) is 0.385. The fourth-order valence-electron chi connectivity index (χ4n) is 1.57. The van der Waals surface area contributed by atoms with Gasteiger partial charge in [-0.05, 0) is 26.0 Å². The summed E-state index contributed by atoms with van der Waals surface area (Å²) in [5, 5.41) is 11.8. The van der Waals surface area contributed by atoms with Gasteiger partial charge in [-0.15, -0.1) is 0 Å². The van der Waals surface area contributed by atoms with Crippen LogP contribution in [0.25, 0.3) is 0 Å². The molecule has 0 bridgehead atoms. The summed E-state index contributed by atoms with van der Waals surface area (Å²) in [5.41, 5.74) is 1.35. The Labute approximate surface area is 102 Å². The van der Waals surface area contributed by atoms with Gasteiger partial charge in [-0.3, -0.25) is 4.79 Å². The molecule has 0 atom stereocenters. The zero-order valence-electron chi connectivity index (χ0n) is 10.4.